The summed E-state index contributed by atoms with van der Waals surface area (Å²) in [5, 5.41) is 6.43. The highest BCUT2D eigenvalue weighted by Crippen LogP contribution is 2.21. The molecule has 0 aliphatic heterocycles. The van der Waals surface area contributed by atoms with Gasteiger partial charge in [0.1, 0.15) is 5.69 Å². The van der Waals surface area contributed by atoms with Crippen molar-refractivity contribution in [2.45, 2.75) is 20.8 Å². The molecule has 2 N–H and O–H groups in total. The van der Waals surface area contributed by atoms with Gasteiger partial charge in [-0.15, -0.1) is 0 Å². The summed E-state index contributed by atoms with van der Waals surface area (Å²) in [6, 6.07) is 7.96. The Balaban J connectivity index is 2.64. The van der Waals surface area contributed by atoms with E-state index >= 15 is 0 Å². The fourth-order valence-electron chi connectivity index (χ4n) is 2.23. The van der Waals surface area contributed by atoms with E-state index in [0.717, 1.165) is 33.4 Å². The first-order valence-electron chi connectivity index (χ1n) is 5.93. The summed E-state index contributed by atoms with van der Waals surface area (Å²) >= 11 is 0. The van der Waals surface area contributed by atoms with E-state index in [1.807, 2.05) is 42.6 Å². The lowest BCUT2D eigenvalue weighted by atomic mass is 10.1. The highest BCUT2D eigenvalue weighted by Gasteiger charge is 2.19. The molecule has 18 heavy (non-hydrogen) atoms. The number of rotatable bonds is 0. The van der Waals surface area contributed by atoms with Crippen LogP contribution in [-0.4, -0.2) is 10.1 Å². The van der Waals surface area contributed by atoms with Crippen molar-refractivity contribution in [3.05, 3.63) is 41.2 Å². The van der Waals surface area contributed by atoms with Gasteiger partial charge in [0.25, 0.3) is 0 Å². The van der Waals surface area contributed by atoms with E-state index in [1.165, 1.54) is 0 Å². The Morgan fingerprint density at radius 3 is 2.44 bits per heavy atom. The molecule has 3 rings (SSSR count). The SMILES string of the molecule is Cc1nc2c3ccccc3c(N)n[n+]2c(C)c1C. The summed E-state index contributed by atoms with van der Waals surface area (Å²) < 4.78 is 1.83. The average Bonchev–Trinajstić information content (AvgIpc) is 2.38. The number of nitrogens with two attached hydrogens (primary N) is 1. The molecule has 3 aromatic rings. The predicted molar refractivity (Wildman–Crippen MR) is 71.3 cm³/mol. The van der Waals surface area contributed by atoms with Gasteiger partial charge >= 0.3 is 5.65 Å². The van der Waals surface area contributed by atoms with Crippen LogP contribution >= 0.6 is 0 Å². The van der Waals surface area contributed by atoms with Crippen LogP contribution in [0.1, 0.15) is 17.0 Å². The maximum atomic E-state index is 6.02. The number of nitrogens with zero attached hydrogens (tertiary/aromatic N) is 3. The quantitative estimate of drug-likeness (QED) is 0.481. The van der Waals surface area contributed by atoms with Gasteiger partial charge in [0.15, 0.2) is 11.5 Å². The van der Waals surface area contributed by atoms with Gasteiger partial charge in [0, 0.05) is 24.8 Å². The standard InChI is InChI=1S/C14H15N4/c1-8-9(2)16-14-12-7-5-4-6-11(12)13(15)17-18(14)10(8)3/h4-7H,1-3H3,(H2,15,17)/q+1. The Labute approximate surface area is 105 Å². The van der Waals surface area contributed by atoms with Crippen molar-refractivity contribution < 1.29 is 4.52 Å². The lowest BCUT2D eigenvalue weighted by molar-refractivity contribution is -0.587. The zero-order valence-electron chi connectivity index (χ0n) is 10.7. The van der Waals surface area contributed by atoms with E-state index in [0.29, 0.717) is 5.82 Å². The zero-order valence-corrected chi connectivity index (χ0v) is 10.7. The van der Waals surface area contributed by atoms with Crippen LogP contribution in [0.4, 0.5) is 5.82 Å². The smallest absolute Gasteiger partial charge is 0.356 e. The lowest BCUT2D eigenvalue weighted by Gasteiger charge is -2.04. The van der Waals surface area contributed by atoms with Crippen molar-refractivity contribution in [2.75, 3.05) is 5.73 Å². The third kappa shape index (κ3) is 1.35. The third-order valence-corrected chi connectivity index (χ3v) is 3.53. The molecule has 0 saturated heterocycles. The molecule has 0 saturated carbocycles. The molecule has 0 amide bonds. The van der Waals surface area contributed by atoms with Crippen LogP contribution < -0.4 is 10.2 Å². The number of aromatic nitrogens is 3. The van der Waals surface area contributed by atoms with E-state index in [4.69, 9.17) is 5.73 Å². The normalized spacial score (nSPS) is 11.3. The second-order valence-electron chi connectivity index (χ2n) is 4.57. The number of fused-ring (bicyclic) bond motifs is 3. The minimum atomic E-state index is 0.538. The topological polar surface area (TPSA) is 55.9 Å². The molecule has 90 valence electrons. The van der Waals surface area contributed by atoms with Crippen molar-refractivity contribution in [3.8, 4) is 0 Å². The van der Waals surface area contributed by atoms with Crippen molar-refractivity contribution in [2.24, 2.45) is 0 Å². The monoisotopic (exact) mass is 239 g/mol. The Kier molecular flexibility index (Phi) is 2.20. The number of nitrogen functional groups attached to an aromatic ring is 1. The molecule has 0 fully saturated rings. The largest absolute Gasteiger partial charge is 0.380 e. The van der Waals surface area contributed by atoms with E-state index in [2.05, 4.69) is 17.0 Å². The highest BCUT2D eigenvalue weighted by atomic mass is 15.3. The molecule has 0 radical (unpaired) electrons. The van der Waals surface area contributed by atoms with Gasteiger partial charge in [-0.3, -0.25) is 0 Å². The Morgan fingerprint density at radius 1 is 1.06 bits per heavy atom. The van der Waals surface area contributed by atoms with Crippen LogP contribution in [-0.2, 0) is 0 Å². The molecule has 2 aromatic heterocycles. The Morgan fingerprint density at radius 2 is 1.72 bits per heavy atom. The van der Waals surface area contributed by atoms with Gasteiger partial charge in [-0.2, -0.15) is 0 Å². The van der Waals surface area contributed by atoms with E-state index in [1.54, 1.807) is 0 Å². The first-order valence-corrected chi connectivity index (χ1v) is 5.93. The minimum Gasteiger partial charge on any atom is -0.380 e. The molecule has 0 aliphatic rings. The summed E-state index contributed by atoms with van der Waals surface area (Å²) in [5.74, 6) is 0.538. The van der Waals surface area contributed by atoms with Crippen LogP contribution in [0.25, 0.3) is 16.4 Å². The maximum absolute atomic E-state index is 6.02. The second-order valence-corrected chi connectivity index (χ2v) is 4.57. The van der Waals surface area contributed by atoms with Crippen LogP contribution in [0.15, 0.2) is 24.3 Å². The Bertz CT molecular complexity index is 778. The van der Waals surface area contributed by atoms with Gasteiger partial charge in [0.2, 0.25) is 0 Å². The molecule has 0 atom stereocenters. The molecule has 0 bridgehead atoms. The van der Waals surface area contributed by atoms with Crippen molar-refractivity contribution in [1.82, 2.24) is 10.1 Å². The molecular formula is C14H15N4+. The molecule has 0 spiro atoms. The highest BCUT2D eigenvalue weighted by molar-refractivity contribution is 5.97. The number of benzene rings is 1. The van der Waals surface area contributed by atoms with Gasteiger partial charge < -0.3 is 5.73 Å². The van der Waals surface area contributed by atoms with Crippen molar-refractivity contribution >= 4 is 22.2 Å². The predicted octanol–water partition coefficient (Wildman–Crippen LogP) is 1.88. The molecule has 2 heterocycles. The fourth-order valence-corrected chi connectivity index (χ4v) is 2.23. The summed E-state index contributed by atoms with van der Waals surface area (Å²) in [7, 11) is 0. The molecule has 4 nitrogen and oxygen atoms in total. The van der Waals surface area contributed by atoms with Gasteiger partial charge in [-0.05, 0) is 18.0 Å². The number of anilines is 1. The number of hydrogen-bond donors (Lipinski definition) is 1. The van der Waals surface area contributed by atoms with Gasteiger partial charge in [-0.25, -0.2) is 0 Å². The summed E-state index contributed by atoms with van der Waals surface area (Å²) in [6.07, 6.45) is 0. The first kappa shape index (κ1) is 10.9. The van der Waals surface area contributed by atoms with Crippen LogP contribution in [0.2, 0.25) is 0 Å². The fraction of sp³-hybridized carbons (Fsp3) is 0.214. The van der Waals surface area contributed by atoms with Crippen LogP contribution in [0.5, 0.6) is 0 Å². The molecule has 0 aliphatic carbocycles. The summed E-state index contributed by atoms with van der Waals surface area (Å²) in [5.41, 5.74) is 10.1. The van der Waals surface area contributed by atoms with Gasteiger partial charge in [0.05, 0.1) is 5.39 Å². The van der Waals surface area contributed by atoms with E-state index in [-0.39, 0.29) is 0 Å². The van der Waals surface area contributed by atoms with E-state index in [9.17, 15) is 0 Å². The summed E-state index contributed by atoms with van der Waals surface area (Å²) in [4.78, 5) is 4.65. The van der Waals surface area contributed by atoms with Crippen molar-refractivity contribution in [1.29, 1.82) is 0 Å². The first-order chi connectivity index (χ1) is 8.59. The Hall–Kier alpha value is -2.23. The molecule has 1 aromatic carbocycles. The molecule has 0 unspecified atom stereocenters. The van der Waals surface area contributed by atoms with Crippen LogP contribution in [0.3, 0.4) is 0 Å². The average molecular weight is 239 g/mol. The van der Waals surface area contributed by atoms with Gasteiger partial charge in [-0.1, -0.05) is 27.8 Å². The molecular weight excluding hydrogens is 224 g/mol. The minimum absolute atomic E-state index is 0.538. The van der Waals surface area contributed by atoms with E-state index < -0.39 is 0 Å². The summed E-state index contributed by atoms with van der Waals surface area (Å²) in [6.45, 7) is 6.11. The number of aryl methyl sites for hydroxylation is 2. The molecule has 4 heteroatoms. The maximum Gasteiger partial charge on any atom is 0.356 e. The zero-order chi connectivity index (χ0) is 12.9. The lowest BCUT2D eigenvalue weighted by Crippen LogP contribution is -2.34. The third-order valence-electron chi connectivity index (χ3n) is 3.53. The number of hydrogen-bond acceptors (Lipinski definition) is 3. The van der Waals surface area contributed by atoms with Crippen molar-refractivity contribution in [3.63, 3.8) is 0 Å². The van der Waals surface area contributed by atoms with Crippen LogP contribution in [0, 0.1) is 20.8 Å². The second kappa shape index (κ2) is 3.63.